The topological polar surface area (TPSA) is 207 Å². The molecule has 288 valence electrons. The number of aromatic nitrogens is 2. The number of nitrogens with one attached hydrogen (secondary N) is 7. The number of carbonyl (C=O) groups is 6. The predicted octanol–water partition coefficient (Wildman–Crippen LogP) is 1.16. The molecule has 0 radical (unpaired) electrons. The first-order valence-electron chi connectivity index (χ1n) is 18.1. The zero-order valence-corrected chi connectivity index (χ0v) is 31.8. The first-order valence-corrected chi connectivity index (χ1v) is 18.1. The molecule has 15 heteroatoms. The summed E-state index contributed by atoms with van der Waals surface area (Å²) in [5, 5.41) is 17.1. The molecule has 1 aromatic carbocycles. The van der Waals surface area contributed by atoms with E-state index >= 15 is 0 Å². The van der Waals surface area contributed by atoms with Crippen LogP contribution in [0.15, 0.2) is 36.8 Å². The van der Waals surface area contributed by atoms with E-state index in [1.807, 2.05) is 56.9 Å². The lowest BCUT2D eigenvalue weighted by Gasteiger charge is -2.28. The summed E-state index contributed by atoms with van der Waals surface area (Å²) < 4.78 is 0. The Hall–Kier alpha value is -4.79. The van der Waals surface area contributed by atoms with Gasteiger partial charge in [0, 0.05) is 77.3 Å². The van der Waals surface area contributed by atoms with Crippen LogP contribution in [0.25, 0.3) is 0 Å². The van der Waals surface area contributed by atoms with E-state index in [9.17, 15) is 28.8 Å². The van der Waals surface area contributed by atoms with Crippen LogP contribution in [0.5, 0.6) is 0 Å². The summed E-state index contributed by atoms with van der Waals surface area (Å²) in [7, 11) is 0. The van der Waals surface area contributed by atoms with Gasteiger partial charge in [-0.25, -0.2) is 4.98 Å². The van der Waals surface area contributed by atoms with Crippen molar-refractivity contribution in [2.24, 2.45) is 17.8 Å². The third kappa shape index (κ3) is 16.9. The second-order valence-electron chi connectivity index (χ2n) is 13.8. The molecule has 0 aliphatic carbocycles. The minimum atomic E-state index is -0.808. The molecule has 0 spiro atoms. The minimum absolute atomic E-state index is 0.0870. The van der Waals surface area contributed by atoms with Crippen LogP contribution >= 0.6 is 0 Å². The molecule has 15 nitrogen and oxygen atoms in total. The Balaban J connectivity index is 1.98. The largest absolute Gasteiger partial charge is 0.355 e. The van der Waals surface area contributed by atoms with Crippen molar-refractivity contribution in [1.82, 2.24) is 46.8 Å². The average Bonchev–Trinajstić information content (AvgIpc) is 3.60. The zero-order chi connectivity index (χ0) is 38.6. The number of imidazole rings is 1. The fraction of sp³-hybridized carbons (Fsp3) is 0.595. The van der Waals surface area contributed by atoms with Crippen LogP contribution in [-0.4, -0.2) is 95.1 Å². The molecular weight excluding hydrogens is 666 g/mol. The summed E-state index contributed by atoms with van der Waals surface area (Å²) in [6.07, 6.45) is 4.74. The smallest absolute Gasteiger partial charge is 0.243 e. The van der Waals surface area contributed by atoms with Crippen LogP contribution in [-0.2, 0) is 48.3 Å². The van der Waals surface area contributed by atoms with E-state index in [1.165, 1.54) is 13.8 Å². The predicted molar refractivity (Wildman–Crippen MR) is 198 cm³/mol. The molecule has 1 unspecified atom stereocenters. The molecule has 0 saturated carbocycles. The normalized spacial score (nSPS) is 13.4. The van der Waals surface area contributed by atoms with E-state index in [1.54, 1.807) is 19.4 Å². The highest BCUT2D eigenvalue weighted by Crippen LogP contribution is 2.14. The summed E-state index contributed by atoms with van der Waals surface area (Å²) in [6, 6.07) is 5.86. The van der Waals surface area contributed by atoms with Crippen molar-refractivity contribution in [2.45, 2.75) is 92.9 Å². The molecule has 52 heavy (non-hydrogen) atoms. The summed E-state index contributed by atoms with van der Waals surface area (Å²) in [4.78, 5) is 84.3. The molecule has 2 aromatic rings. The van der Waals surface area contributed by atoms with Crippen LogP contribution < -0.4 is 31.9 Å². The number of benzene rings is 1. The van der Waals surface area contributed by atoms with Gasteiger partial charge in [0.15, 0.2) is 0 Å². The number of carbonyl (C=O) groups excluding carboxylic acids is 6. The maximum absolute atomic E-state index is 13.6. The van der Waals surface area contributed by atoms with E-state index in [0.717, 1.165) is 16.8 Å². The lowest BCUT2D eigenvalue weighted by molar-refractivity contribution is -0.134. The number of hydrogen-bond donors (Lipinski definition) is 7. The van der Waals surface area contributed by atoms with Crippen LogP contribution in [0.2, 0.25) is 0 Å². The third-order valence-corrected chi connectivity index (χ3v) is 8.58. The third-order valence-electron chi connectivity index (χ3n) is 8.58. The highest BCUT2D eigenvalue weighted by atomic mass is 16.2. The molecule has 0 aliphatic heterocycles. The fourth-order valence-electron chi connectivity index (χ4n) is 5.45. The number of rotatable bonds is 23. The van der Waals surface area contributed by atoms with E-state index < -0.39 is 23.9 Å². The van der Waals surface area contributed by atoms with Gasteiger partial charge in [0.25, 0.3) is 0 Å². The molecule has 7 N–H and O–H groups in total. The Labute approximate surface area is 307 Å². The van der Waals surface area contributed by atoms with Gasteiger partial charge in [0.2, 0.25) is 35.4 Å². The molecule has 2 rings (SSSR count). The highest BCUT2D eigenvalue weighted by molar-refractivity contribution is 5.92. The second-order valence-corrected chi connectivity index (χ2v) is 13.8. The summed E-state index contributed by atoms with van der Waals surface area (Å²) in [5.41, 5.74) is 2.48. The molecule has 1 heterocycles. The van der Waals surface area contributed by atoms with Gasteiger partial charge in [-0.2, -0.15) is 0 Å². The summed E-state index contributed by atoms with van der Waals surface area (Å²) in [5.74, 6) is -1.97. The molecule has 1 aromatic heterocycles. The SMILES string of the molecule is CCC(C)[C@H](NC(=O)[C@@H](C)Cc1cnc[nH]1)C(=O)N[C@@H](CC(C)C)C(=O)NCc1cccc(CNC(=O)CN(CCNC(C)=O)CCNC(C)=O)c1. The van der Waals surface area contributed by atoms with E-state index in [-0.39, 0.29) is 61.0 Å². The Bertz CT molecular complexity index is 1430. The van der Waals surface area contributed by atoms with Crippen LogP contribution in [0.1, 0.15) is 78.1 Å². The van der Waals surface area contributed by atoms with E-state index in [4.69, 9.17) is 0 Å². The average molecular weight is 726 g/mol. The number of amides is 6. The van der Waals surface area contributed by atoms with Crippen molar-refractivity contribution in [1.29, 1.82) is 0 Å². The maximum atomic E-state index is 13.6. The monoisotopic (exact) mass is 725 g/mol. The van der Waals surface area contributed by atoms with Crippen molar-refractivity contribution in [3.8, 4) is 0 Å². The molecule has 4 atom stereocenters. The molecule has 6 amide bonds. The first-order chi connectivity index (χ1) is 24.7. The Morgan fingerprint density at radius 1 is 0.808 bits per heavy atom. The van der Waals surface area contributed by atoms with Crippen molar-refractivity contribution in [3.05, 3.63) is 53.6 Å². The van der Waals surface area contributed by atoms with Crippen molar-refractivity contribution in [2.75, 3.05) is 32.7 Å². The first kappa shape index (κ1) is 43.4. The van der Waals surface area contributed by atoms with Gasteiger partial charge >= 0.3 is 0 Å². The quantitative estimate of drug-likeness (QED) is 0.0883. The standard InChI is InChI=1S/C37H59N9O6/c1-8-25(4)34(45-35(50)26(5)17-31-21-38-23-43-31)37(52)44-32(16-24(2)3)36(51)42-20-30-11-9-10-29(18-30)19-41-33(49)22-46(14-12-39-27(6)47)15-13-40-28(7)48/h9-11,18,21,23-26,32,34H,8,12-17,19-20,22H2,1-7H3,(H,38,43)(H,39,47)(H,40,48)(H,41,49)(H,42,51)(H,44,52)(H,45,50)/t25?,26-,32-,34-/m0/s1. The number of hydrogen-bond acceptors (Lipinski definition) is 8. The van der Waals surface area contributed by atoms with Crippen LogP contribution in [0.4, 0.5) is 0 Å². The molecule has 0 aliphatic rings. The zero-order valence-electron chi connectivity index (χ0n) is 31.8. The second kappa shape index (κ2) is 22.9. The maximum Gasteiger partial charge on any atom is 0.243 e. The Morgan fingerprint density at radius 3 is 1.96 bits per heavy atom. The van der Waals surface area contributed by atoms with Gasteiger partial charge in [-0.1, -0.05) is 65.3 Å². The van der Waals surface area contributed by atoms with Crippen molar-refractivity contribution >= 4 is 35.4 Å². The minimum Gasteiger partial charge on any atom is -0.355 e. The van der Waals surface area contributed by atoms with Crippen LogP contribution in [0.3, 0.4) is 0 Å². The number of nitrogens with zero attached hydrogens (tertiary/aromatic N) is 2. The van der Waals surface area contributed by atoms with Crippen molar-refractivity contribution in [3.63, 3.8) is 0 Å². The van der Waals surface area contributed by atoms with Gasteiger partial charge in [-0.15, -0.1) is 0 Å². The highest BCUT2D eigenvalue weighted by Gasteiger charge is 2.31. The van der Waals surface area contributed by atoms with Gasteiger partial charge in [0.1, 0.15) is 12.1 Å². The Kier molecular flexibility index (Phi) is 19.1. The number of H-pyrrole nitrogens is 1. The Morgan fingerprint density at radius 2 is 1.42 bits per heavy atom. The lowest BCUT2D eigenvalue weighted by Crippen LogP contribution is -2.56. The summed E-state index contributed by atoms with van der Waals surface area (Å²) >= 11 is 0. The molecular formula is C37H59N9O6. The van der Waals surface area contributed by atoms with E-state index in [2.05, 4.69) is 41.9 Å². The van der Waals surface area contributed by atoms with Crippen LogP contribution in [0, 0.1) is 17.8 Å². The fourth-order valence-corrected chi connectivity index (χ4v) is 5.45. The molecule has 0 bridgehead atoms. The van der Waals surface area contributed by atoms with Crippen molar-refractivity contribution < 1.29 is 28.8 Å². The molecule has 0 saturated heterocycles. The van der Waals surface area contributed by atoms with Gasteiger partial charge in [-0.3, -0.25) is 33.7 Å². The summed E-state index contributed by atoms with van der Waals surface area (Å²) in [6.45, 7) is 14.6. The lowest BCUT2D eigenvalue weighted by atomic mass is 9.95. The van der Waals surface area contributed by atoms with Gasteiger partial charge < -0.3 is 36.9 Å². The number of aromatic amines is 1. The molecule has 0 fully saturated rings. The van der Waals surface area contributed by atoms with Gasteiger partial charge in [-0.05, 0) is 29.4 Å². The van der Waals surface area contributed by atoms with Gasteiger partial charge in [0.05, 0.1) is 12.9 Å². The van der Waals surface area contributed by atoms with E-state index in [0.29, 0.717) is 45.4 Å².